The molecule has 0 spiro atoms. The summed E-state index contributed by atoms with van der Waals surface area (Å²) in [6.07, 6.45) is 1.13. The topological polar surface area (TPSA) is 66.5 Å². The Hall–Kier alpha value is -2.34. The van der Waals surface area contributed by atoms with E-state index in [1.165, 1.54) is 9.87 Å². The van der Waals surface area contributed by atoms with Crippen molar-refractivity contribution >= 4 is 21.6 Å². The number of sulfonamides is 1. The molecule has 1 atom stereocenters. The van der Waals surface area contributed by atoms with Gasteiger partial charge in [0.25, 0.3) is 0 Å². The summed E-state index contributed by atoms with van der Waals surface area (Å²) in [4.78, 5) is 12.7. The molecule has 0 aliphatic heterocycles. The Morgan fingerprint density at radius 2 is 1.55 bits per heavy atom. The second-order valence-corrected chi connectivity index (χ2v) is 10.6. The Morgan fingerprint density at radius 3 is 2.00 bits per heavy atom. The van der Waals surface area contributed by atoms with E-state index in [4.69, 9.17) is 0 Å². The quantitative estimate of drug-likeness (QED) is 0.766. The van der Waals surface area contributed by atoms with E-state index < -0.39 is 10.0 Å². The second-order valence-electron chi connectivity index (χ2n) is 8.67. The third-order valence-corrected chi connectivity index (χ3v) is 6.14. The lowest BCUT2D eigenvalue weighted by atomic mass is 9.86. The highest BCUT2D eigenvalue weighted by molar-refractivity contribution is 7.92. The Labute approximate surface area is 175 Å². The molecule has 0 unspecified atom stereocenters. The van der Waals surface area contributed by atoms with Crippen LogP contribution in [0.2, 0.25) is 0 Å². The molecule has 2 rings (SSSR count). The van der Waals surface area contributed by atoms with Crippen LogP contribution < -0.4 is 9.62 Å². The standard InChI is InChI=1S/C23H32N2O3S/c1-16-9-8-10-17(2)22(16)25(29(7,27)28)15-21(26)24-18(3)19-11-13-20(14-12-19)23(4,5)6/h8-14,18H,15H2,1-7H3,(H,24,26)/t18-/m1/s1. The number of carbonyl (C=O) groups is 1. The lowest BCUT2D eigenvalue weighted by molar-refractivity contribution is -0.120. The van der Waals surface area contributed by atoms with E-state index in [0.29, 0.717) is 5.69 Å². The summed E-state index contributed by atoms with van der Waals surface area (Å²) in [6, 6.07) is 13.5. The van der Waals surface area contributed by atoms with Crippen LogP contribution in [-0.2, 0) is 20.2 Å². The highest BCUT2D eigenvalue weighted by atomic mass is 32.2. The second kappa shape index (κ2) is 8.57. The molecule has 0 aliphatic rings. The molecule has 0 bridgehead atoms. The molecule has 2 aromatic rings. The Balaban J connectivity index is 2.18. The highest BCUT2D eigenvalue weighted by Gasteiger charge is 2.24. The molecule has 0 radical (unpaired) electrons. The monoisotopic (exact) mass is 416 g/mol. The molecule has 6 heteroatoms. The van der Waals surface area contributed by atoms with Crippen LogP contribution in [0.3, 0.4) is 0 Å². The molecule has 0 saturated heterocycles. The first kappa shape index (κ1) is 22.9. The fourth-order valence-electron chi connectivity index (χ4n) is 3.33. The minimum Gasteiger partial charge on any atom is -0.348 e. The van der Waals surface area contributed by atoms with Gasteiger partial charge in [0, 0.05) is 0 Å². The van der Waals surface area contributed by atoms with Crippen molar-refractivity contribution < 1.29 is 13.2 Å². The minimum atomic E-state index is -3.61. The zero-order valence-corrected chi connectivity index (χ0v) is 19.2. The van der Waals surface area contributed by atoms with Crippen LogP contribution >= 0.6 is 0 Å². The van der Waals surface area contributed by atoms with Crippen LogP contribution in [0.4, 0.5) is 5.69 Å². The summed E-state index contributed by atoms with van der Waals surface area (Å²) in [5.74, 6) is -0.342. The summed E-state index contributed by atoms with van der Waals surface area (Å²) in [6.45, 7) is 11.8. The predicted octanol–water partition coefficient (Wildman–Crippen LogP) is 4.24. The Bertz CT molecular complexity index is 954. The third-order valence-electron chi connectivity index (χ3n) is 5.03. The molecular formula is C23H32N2O3S. The van der Waals surface area contributed by atoms with Crippen molar-refractivity contribution in [2.24, 2.45) is 0 Å². The zero-order valence-electron chi connectivity index (χ0n) is 18.4. The number of benzene rings is 2. The van der Waals surface area contributed by atoms with Gasteiger partial charge in [-0.2, -0.15) is 0 Å². The molecule has 0 fully saturated rings. The van der Waals surface area contributed by atoms with Crippen LogP contribution in [-0.4, -0.2) is 27.1 Å². The number of nitrogens with zero attached hydrogens (tertiary/aromatic N) is 1. The van der Waals surface area contributed by atoms with Crippen molar-refractivity contribution in [1.82, 2.24) is 5.32 Å². The summed E-state index contributed by atoms with van der Waals surface area (Å²) in [5, 5.41) is 2.92. The average molecular weight is 417 g/mol. The van der Waals surface area contributed by atoms with Gasteiger partial charge >= 0.3 is 0 Å². The van der Waals surface area contributed by atoms with Gasteiger partial charge in [-0.3, -0.25) is 9.10 Å². The number of rotatable bonds is 6. The number of hydrogen-bond donors (Lipinski definition) is 1. The molecule has 1 N–H and O–H groups in total. The first-order valence-electron chi connectivity index (χ1n) is 9.74. The van der Waals surface area contributed by atoms with Crippen molar-refractivity contribution in [3.63, 3.8) is 0 Å². The SMILES string of the molecule is Cc1cccc(C)c1N(CC(=O)N[C@H](C)c1ccc(C(C)(C)C)cc1)S(C)(=O)=O. The number of aryl methyl sites for hydroxylation is 2. The minimum absolute atomic E-state index is 0.0619. The van der Waals surface area contributed by atoms with Gasteiger partial charge in [-0.25, -0.2) is 8.42 Å². The van der Waals surface area contributed by atoms with Crippen LogP contribution in [0.5, 0.6) is 0 Å². The molecule has 0 saturated carbocycles. The number of para-hydroxylation sites is 1. The van der Waals surface area contributed by atoms with E-state index in [1.54, 1.807) is 0 Å². The van der Waals surface area contributed by atoms with Gasteiger partial charge in [0.05, 0.1) is 18.0 Å². The normalized spacial score (nSPS) is 13.1. The van der Waals surface area contributed by atoms with Crippen molar-refractivity contribution in [1.29, 1.82) is 0 Å². The number of hydrogen-bond acceptors (Lipinski definition) is 3. The lowest BCUT2D eigenvalue weighted by Crippen LogP contribution is -2.41. The largest absolute Gasteiger partial charge is 0.348 e. The van der Waals surface area contributed by atoms with Crippen molar-refractivity contribution in [3.8, 4) is 0 Å². The van der Waals surface area contributed by atoms with Gasteiger partial charge in [0.15, 0.2) is 0 Å². The first-order chi connectivity index (χ1) is 13.3. The maximum Gasteiger partial charge on any atom is 0.241 e. The van der Waals surface area contributed by atoms with E-state index in [0.717, 1.165) is 22.9 Å². The number of amides is 1. The lowest BCUT2D eigenvalue weighted by Gasteiger charge is -2.26. The summed E-state index contributed by atoms with van der Waals surface area (Å²) in [5.41, 5.74) is 4.45. The van der Waals surface area contributed by atoms with Crippen LogP contribution in [0, 0.1) is 13.8 Å². The summed E-state index contributed by atoms with van der Waals surface area (Å²) >= 11 is 0. The van der Waals surface area contributed by atoms with Crippen molar-refractivity contribution in [3.05, 3.63) is 64.7 Å². The summed E-state index contributed by atoms with van der Waals surface area (Å²) < 4.78 is 26.0. The van der Waals surface area contributed by atoms with Gasteiger partial charge in [0.1, 0.15) is 6.54 Å². The highest BCUT2D eigenvalue weighted by Crippen LogP contribution is 2.27. The van der Waals surface area contributed by atoms with Crippen LogP contribution in [0.15, 0.2) is 42.5 Å². The number of carbonyl (C=O) groups excluding carboxylic acids is 1. The van der Waals surface area contributed by atoms with E-state index >= 15 is 0 Å². The number of anilines is 1. The van der Waals surface area contributed by atoms with Crippen molar-refractivity contribution in [2.45, 2.75) is 53.0 Å². The van der Waals surface area contributed by atoms with Gasteiger partial charge in [0.2, 0.25) is 15.9 Å². The van der Waals surface area contributed by atoms with Gasteiger partial charge < -0.3 is 5.32 Å². The molecule has 0 heterocycles. The fraction of sp³-hybridized carbons (Fsp3) is 0.435. The smallest absolute Gasteiger partial charge is 0.241 e. The van der Waals surface area contributed by atoms with Crippen molar-refractivity contribution in [2.75, 3.05) is 17.1 Å². The number of nitrogens with one attached hydrogen (secondary N) is 1. The van der Waals surface area contributed by atoms with E-state index in [1.807, 2.05) is 51.1 Å². The summed E-state index contributed by atoms with van der Waals surface area (Å²) in [7, 11) is -3.61. The maximum atomic E-state index is 12.7. The molecule has 29 heavy (non-hydrogen) atoms. The van der Waals surface area contributed by atoms with E-state index in [2.05, 4.69) is 38.2 Å². The van der Waals surface area contributed by atoms with Crippen LogP contribution in [0.25, 0.3) is 0 Å². The van der Waals surface area contributed by atoms with Gasteiger partial charge in [-0.1, -0.05) is 63.2 Å². The fourth-order valence-corrected chi connectivity index (χ4v) is 4.31. The van der Waals surface area contributed by atoms with E-state index in [9.17, 15) is 13.2 Å². The average Bonchev–Trinajstić information content (AvgIpc) is 2.59. The molecular weight excluding hydrogens is 384 g/mol. The zero-order chi connectivity index (χ0) is 22.0. The van der Waals surface area contributed by atoms with Crippen LogP contribution in [0.1, 0.15) is 56.0 Å². The molecule has 2 aromatic carbocycles. The molecule has 0 aliphatic carbocycles. The molecule has 5 nitrogen and oxygen atoms in total. The van der Waals surface area contributed by atoms with Gasteiger partial charge in [-0.15, -0.1) is 0 Å². The first-order valence-corrected chi connectivity index (χ1v) is 11.6. The predicted molar refractivity (Wildman–Crippen MR) is 120 cm³/mol. The molecule has 1 amide bonds. The third kappa shape index (κ3) is 5.82. The molecule has 158 valence electrons. The van der Waals surface area contributed by atoms with E-state index in [-0.39, 0.29) is 23.9 Å². The Morgan fingerprint density at radius 1 is 1.03 bits per heavy atom. The van der Waals surface area contributed by atoms with Gasteiger partial charge in [-0.05, 0) is 48.4 Å². The Kier molecular flexibility index (Phi) is 6.78. The maximum absolute atomic E-state index is 12.7. The molecule has 0 aromatic heterocycles.